The Hall–Kier alpha value is -3.69. The summed E-state index contributed by atoms with van der Waals surface area (Å²) in [6.45, 7) is 0. The molecule has 0 radical (unpaired) electrons. The zero-order valence-corrected chi connectivity index (χ0v) is 19.8. The van der Waals surface area contributed by atoms with Gasteiger partial charge < -0.3 is 15.7 Å². The number of fused-ring (bicyclic) bond motifs is 1. The molecule has 0 spiro atoms. The zero-order valence-electron chi connectivity index (χ0n) is 18.2. The number of amides is 2. The summed E-state index contributed by atoms with van der Waals surface area (Å²) >= 11 is 7.46. The first kappa shape index (κ1) is 23.1. The number of anilines is 1. The Morgan fingerprint density at radius 3 is 2.77 bits per heavy atom. The lowest BCUT2D eigenvalue weighted by Crippen LogP contribution is -2.27. The van der Waals surface area contributed by atoms with E-state index in [9.17, 15) is 19.5 Å². The molecule has 3 N–H and O–H groups in total. The summed E-state index contributed by atoms with van der Waals surface area (Å²) < 4.78 is 0. The van der Waals surface area contributed by atoms with Crippen LogP contribution in [0.3, 0.4) is 0 Å². The molecule has 2 heterocycles. The molecular weight excluding hydrogens is 488 g/mol. The molecule has 0 bridgehead atoms. The van der Waals surface area contributed by atoms with Crippen molar-refractivity contribution in [1.29, 1.82) is 0 Å². The number of carbonyl (C=O) groups is 3. The van der Waals surface area contributed by atoms with Crippen LogP contribution in [0, 0.1) is 5.92 Å². The Bertz CT molecular complexity index is 1450. The van der Waals surface area contributed by atoms with E-state index in [-0.39, 0.29) is 23.3 Å². The Balaban J connectivity index is 1.36. The van der Waals surface area contributed by atoms with E-state index in [0.29, 0.717) is 37.4 Å². The smallest absolute Gasteiger partial charge is 0.337 e. The van der Waals surface area contributed by atoms with Crippen molar-refractivity contribution in [2.45, 2.75) is 19.3 Å². The Morgan fingerprint density at radius 1 is 1.20 bits per heavy atom. The van der Waals surface area contributed by atoms with Gasteiger partial charge in [-0.25, -0.2) is 9.79 Å². The van der Waals surface area contributed by atoms with Crippen LogP contribution in [0.4, 0.5) is 11.4 Å². The molecule has 1 saturated heterocycles. The number of carbonyl (C=O) groups excluding carboxylic acids is 2. The third-order valence-corrected chi connectivity index (χ3v) is 7.04. The molecule has 0 atom stereocenters. The second-order valence-electron chi connectivity index (χ2n) is 8.25. The van der Waals surface area contributed by atoms with Crippen molar-refractivity contribution in [3.05, 3.63) is 69.7 Å². The van der Waals surface area contributed by atoms with Crippen molar-refractivity contribution in [1.82, 2.24) is 10.3 Å². The fraction of sp³-hybridized carbons (Fsp3) is 0.160. The highest BCUT2D eigenvalue weighted by Gasteiger charge is 2.26. The maximum Gasteiger partial charge on any atom is 0.337 e. The SMILES string of the molecule is O=C1NC(=Nc2cc(NC(=O)C3CCC3)ccc2Cl)S/C1=C\c1ccc2ncc(C(=O)O)cc2c1. The van der Waals surface area contributed by atoms with Crippen LogP contribution in [-0.2, 0) is 9.59 Å². The van der Waals surface area contributed by atoms with Gasteiger partial charge in [-0.1, -0.05) is 24.1 Å². The van der Waals surface area contributed by atoms with Gasteiger partial charge in [-0.3, -0.25) is 14.6 Å². The zero-order chi connectivity index (χ0) is 24.5. The number of amidine groups is 1. The minimum atomic E-state index is -1.06. The van der Waals surface area contributed by atoms with Gasteiger partial charge in [0.05, 0.1) is 26.7 Å². The highest BCUT2D eigenvalue weighted by Crippen LogP contribution is 2.34. The molecule has 35 heavy (non-hydrogen) atoms. The normalized spacial score (nSPS) is 18.0. The van der Waals surface area contributed by atoms with Crippen molar-refractivity contribution >= 4 is 74.7 Å². The standard InChI is InChI=1S/C25H19ClN4O4S/c26-18-6-5-17(28-22(31)14-2-1-3-14)11-20(18)29-25-30-23(32)21(35-25)9-13-4-7-19-15(8-13)10-16(12-27-19)24(33)34/h4-12,14H,1-3H2,(H,28,31)(H,33,34)(H,29,30,32)/b21-9-. The second-order valence-corrected chi connectivity index (χ2v) is 9.68. The van der Waals surface area contributed by atoms with Crippen LogP contribution in [0.25, 0.3) is 17.0 Å². The first-order chi connectivity index (χ1) is 16.9. The van der Waals surface area contributed by atoms with Crippen LogP contribution in [0.5, 0.6) is 0 Å². The quantitative estimate of drug-likeness (QED) is 0.408. The lowest BCUT2D eigenvalue weighted by Gasteiger charge is -2.24. The summed E-state index contributed by atoms with van der Waals surface area (Å²) in [6, 6.07) is 11.9. The number of rotatable bonds is 5. The van der Waals surface area contributed by atoms with Crippen LogP contribution in [0.1, 0.15) is 35.2 Å². The molecule has 1 saturated carbocycles. The lowest BCUT2D eigenvalue weighted by molar-refractivity contribution is -0.122. The fourth-order valence-electron chi connectivity index (χ4n) is 3.69. The molecule has 0 unspecified atom stereocenters. The predicted octanol–water partition coefficient (Wildman–Crippen LogP) is 5.22. The summed E-state index contributed by atoms with van der Waals surface area (Å²) in [5.41, 5.74) is 2.50. The van der Waals surface area contributed by atoms with Gasteiger partial charge in [0.1, 0.15) is 0 Å². The highest BCUT2D eigenvalue weighted by molar-refractivity contribution is 8.18. The van der Waals surface area contributed by atoms with E-state index in [1.54, 1.807) is 48.5 Å². The maximum absolute atomic E-state index is 12.5. The number of aromatic carboxylic acids is 1. The summed E-state index contributed by atoms with van der Waals surface area (Å²) in [5.74, 6) is -1.32. The Kier molecular flexibility index (Phi) is 6.27. The Labute approximate surface area is 209 Å². The molecule has 10 heteroatoms. The lowest BCUT2D eigenvalue weighted by atomic mass is 9.85. The summed E-state index contributed by atoms with van der Waals surface area (Å²) in [7, 11) is 0. The van der Waals surface area contributed by atoms with E-state index in [2.05, 4.69) is 20.6 Å². The molecule has 1 aliphatic heterocycles. The second kappa shape index (κ2) is 9.52. The number of nitrogens with zero attached hydrogens (tertiary/aromatic N) is 2. The minimum absolute atomic E-state index is 0.00741. The first-order valence-electron chi connectivity index (χ1n) is 10.9. The number of carboxylic acids is 1. The van der Waals surface area contributed by atoms with Crippen molar-refractivity contribution < 1.29 is 19.5 Å². The third-order valence-electron chi connectivity index (χ3n) is 5.81. The van der Waals surface area contributed by atoms with Gasteiger partial charge in [0.25, 0.3) is 5.91 Å². The molecule has 2 amide bonds. The van der Waals surface area contributed by atoms with E-state index >= 15 is 0 Å². The van der Waals surface area contributed by atoms with Gasteiger partial charge in [-0.15, -0.1) is 0 Å². The van der Waals surface area contributed by atoms with Crippen molar-refractivity contribution in [3.8, 4) is 0 Å². The molecular formula is C25H19ClN4O4S. The molecule has 1 aromatic heterocycles. The van der Waals surface area contributed by atoms with Crippen LogP contribution in [-0.4, -0.2) is 33.0 Å². The summed E-state index contributed by atoms with van der Waals surface area (Å²) in [5, 5.41) is 16.2. The third kappa shape index (κ3) is 5.06. The number of hydrogen-bond donors (Lipinski definition) is 3. The van der Waals surface area contributed by atoms with E-state index in [1.807, 2.05) is 0 Å². The molecule has 2 aromatic carbocycles. The number of thioether (sulfide) groups is 1. The average molecular weight is 507 g/mol. The van der Waals surface area contributed by atoms with Crippen molar-refractivity contribution in [2.24, 2.45) is 10.9 Å². The number of aliphatic imine (C=N–C) groups is 1. The number of aromatic nitrogens is 1. The van der Waals surface area contributed by atoms with Crippen molar-refractivity contribution in [2.75, 3.05) is 5.32 Å². The topological polar surface area (TPSA) is 121 Å². The van der Waals surface area contributed by atoms with Crippen molar-refractivity contribution in [3.63, 3.8) is 0 Å². The number of halogens is 1. The van der Waals surface area contributed by atoms with Gasteiger partial charge in [0.2, 0.25) is 5.91 Å². The molecule has 8 nitrogen and oxygen atoms in total. The first-order valence-corrected chi connectivity index (χ1v) is 12.1. The van der Waals surface area contributed by atoms with Gasteiger partial charge in [-0.2, -0.15) is 0 Å². The van der Waals surface area contributed by atoms with Gasteiger partial charge >= 0.3 is 5.97 Å². The van der Waals surface area contributed by atoms with Crippen LogP contribution in [0.15, 0.2) is 58.6 Å². The maximum atomic E-state index is 12.5. The minimum Gasteiger partial charge on any atom is -0.478 e. The van der Waals surface area contributed by atoms with Crippen LogP contribution in [0.2, 0.25) is 5.02 Å². The highest BCUT2D eigenvalue weighted by atomic mass is 35.5. The molecule has 2 aliphatic rings. The van der Waals surface area contributed by atoms with Crippen LogP contribution >= 0.6 is 23.4 Å². The summed E-state index contributed by atoms with van der Waals surface area (Å²) in [4.78, 5) is 45.1. The van der Waals surface area contributed by atoms with E-state index in [0.717, 1.165) is 36.6 Å². The van der Waals surface area contributed by atoms with Gasteiger partial charge in [-0.05, 0) is 72.6 Å². The number of pyridine rings is 1. The molecule has 1 aliphatic carbocycles. The average Bonchev–Trinajstić information content (AvgIpc) is 3.12. The fourth-order valence-corrected chi connectivity index (χ4v) is 4.68. The molecule has 2 fully saturated rings. The van der Waals surface area contributed by atoms with E-state index in [1.165, 1.54) is 6.20 Å². The van der Waals surface area contributed by atoms with Gasteiger partial charge in [0, 0.05) is 23.2 Å². The van der Waals surface area contributed by atoms with E-state index in [4.69, 9.17) is 11.6 Å². The van der Waals surface area contributed by atoms with Gasteiger partial charge in [0.15, 0.2) is 5.17 Å². The monoisotopic (exact) mass is 506 g/mol. The summed E-state index contributed by atoms with van der Waals surface area (Å²) in [6.07, 6.45) is 5.89. The number of carboxylic acid groups (broad SMARTS) is 1. The van der Waals surface area contributed by atoms with Crippen LogP contribution < -0.4 is 10.6 Å². The molecule has 3 aromatic rings. The molecule has 5 rings (SSSR count). The Morgan fingerprint density at radius 2 is 2.03 bits per heavy atom. The number of nitrogens with one attached hydrogen (secondary N) is 2. The largest absolute Gasteiger partial charge is 0.478 e. The van der Waals surface area contributed by atoms with E-state index < -0.39 is 5.97 Å². The number of hydrogen-bond acceptors (Lipinski definition) is 6. The number of benzene rings is 2. The predicted molar refractivity (Wildman–Crippen MR) is 137 cm³/mol. The molecule has 176 valence electrons.